The summed E-state index contributed by atoms with van der Waals surface area (Å²) in [7, 11) is 0. The number of anilines is 1. The Morgan fingerprint density at radius 1 is 1.50 bits per heavy atom. The minimum Gasteiger partial charge on any atom is -0.389 e. The molecule has 0 saturated heterocycles. The van der Waals surface area contributed by atoms with Crippen molar-refractivity contribution in [2.24, 2.45) is 11.5 Å². The van der Waals surface area contributed by atoms with E-state index in [9.17, 15) is 4.79 Å². The van der Waals surface area contributed by atoms with Gasteiger partial charge in [-0.25, -0.2) is 0 Å². The molecule has 1 aromatic heterocycles. The molecule has 0 aliphatic carbocycles. The van der Waals surface area contributed by atoms with Gasteiger partial charge in [0.2, 0.25) is 5.91 Å². The summed E-state index contributed by atoms with van der Waals surface area (Å²) in [5, 5.41) is 2.89. The summed E-state index contributed by atoms with van der Waals surface area (Å²) in [4.78, 5) is 15.2. The highest BCUT2D eigenvalue weighted by Crippen LogP contribution is 2.19. The summed E-state index contributed by atoms with van der Waals surface area (Å²) in [6.07, 6.45) is 0. The van der Waals surface area contributed by atoms with Crippen LogP contribution in [0.1, 0.15) is 17.0 Å². The number of nitrogens with one attached hydrogen (secondary N) is 1. The zero-order chi connectivity index (χ0) is 12.3. The first-order valence-corrected chi connectivity index (χ1v) is 5.13. The third-order valence-electron chi connectivity index (χ3n) is 2.03. The van der Waals surface area contributed by atoms with Gasteiger partial charge in [-0.15, -0.1) is 0 Å². The number of rotatable bonds is 4. The van der Waals surface area contributed by atoms with Crippen molar-refractivity contribution in [3.8, 4) is 0 Å². The maximum atomic E-state index is 10.7. The van der Waals surface area contributed by atoms with E-state index in [2.05, 4.69) is 10.3 Å². The molecule has 0 atom stereocenters. The Bertz CT molecular complexity index is 445. The van der Waals surface area contributed by atoms with Gasteiger partial charge in [-0.3, -0.25) is 9.78 Å². The van der Waals surface area contributed by atoms with E-state index in [0.29, 0.717) is 11.3 Å². The number of aryl methyl sites for hydroxylation is 2. The number of carbonyl (C=O) groups excluding carboxylic acids is 1. The number of hydrogen-bond donors (Lipinski definition) is 3. The monoisotopic (exact) mass is 238 g/mol. The van der Waals surface area contributed by atoms with Crippen LogP contribution in [0.25, 0.3) is 0 Å². The molecular weight excluding hydrogens is 224 g/mol. The average Bonchev–Trinajstić information content (AvgIpc) is 2.12. The van der Waals surface area contributed by atoms with Crippen LogP contribution in [0, 0.1) is 13.8 Å². The molecule has 0 fully saturated rings. The van der Waals surface area contributed by atoms with Crippen molar-refractivity contribution < 1.29 is 4.79 Å². The number of amides is 1. The molecule has 1 rings (SSSR count). The smallest absolute Gasteiger partial charge is 0.236 e. The Labute approximate surface area is 99.2 Å². The molecule has 0 spiro atoms. The molecule has 5 nitrogen and oxygen atoms in total. The first-order chi connectivity index (χ1) is 7.41. The molecule has 1 heterocycles. The van der Waals surface area contributed by atoms with Gasteiger partial charge in [0.15, 0.2) is 0 Å². The third-order valence-corrected chi connectivity index (χ3v) is 2.23. The van der Waals surface area contributed by atoms with Crippen LogP contribution in [0.2, 0.25) is 0 Å². The molecule has 6 heteroatoms. The number of pyridine rings is 1. The van der Waals surface area contributed by atoms with Crippen molar-refractivity contribution in [2.75, 3.05) is 11.9 Å². The van der Waals surface area contributed by atoms with E-state index in [1.54, 1.807) is 6.07 Å². The number of nitrogens with zero attached hydrogens (tertiary/aromatic N) is 1. The fourth-order valence-electron chi connectivity index (χ4n) is 1.46. The molecular formula is C10H14N4OS. The number of aromatic nitrogens is 1. The van der Waals surface area contributed by atoms with Gasteiger partial charge in [-0.1, -0.05) is 12.2 Å². The highest BCUT2D eigenvalue weighted by molar-refractivity contribution is 7.80. The van der Waals surface area contributed by atoms with Crippen LogP contribution in [-0.2, 0) is 4.79 Å². The summed E-state index contributed by atoms with van der Waals surface area (Å²) in [6.45, 7) is 3.71. The Hall–Kier alpha value is -1.69. The van der Waals surface area contributed by atoms with Crippen LogP contribution >= 0.6 is 12.2 Å². The molecule has 0 unspecified atom stereocenters. The summed E-state index contributed by atoms with van der Waals surface area (Å²) in [6, 6.07) is 1.78. The van der Waals surface area contributed by atoms with E-state index in [0.717, 1.165) is 11.4 Å². The Morgan fingerprint density at radius 3 is 2.62 bits per heavy atom. The zero-order valence-corrected chi connectivity index (χ0v) is 10.0. The maximum Gasteiger partial charge on any atom is 0.236 e. The van der Waals surface area contributed by atoms with Crippen molar-refractivity contribution in [2.45, 2.75) is 13.8 Å². The number of hydrogen-bond acceptors (Lipinski definition) is 4. The number of carbonyl (C=O) groups is 1. The molecule has 86 valence electrons. The normalized spacial score (nSPS) is 9.88. The molecule has 16 heavy (non-hydrogen) atoms. The van der Waals surface area contributed by atoms with Crippen LogP contribution in [-0.4, -0.2) is 22.4 Å². The number of nitrogens with two attached hydrogens (primary N) is 2. The van der Waals surface area contributed by atoms with Crippen LogP contribution < -0.4 is 16.8 Å². The lowest BCUT2D eigenvalue weighted by Gasteiger charge is -2.13. The van der Waals surface area contributed by atoms with Crippen molar-refractivity contribution >= 4 is 28.8 Å². The molecule has 0 aromatic carbocycles. The lowest BCUT2D eigenvalue weighted by atomic mass is 10.1. The predicted octanol–water partition coefficient (Wildman–Crippen LogP) is 0.230. The second-order valence-corrected chi connectivity index (χ2v) is 3.90. The summed E-state index contributed by atoms with van der Waals surface area (Å²) in [5.41, 5.74) is 13.6. The Morgan fingerprint density at radius 2 is 2.12 bits per heavy atom. The van der Waals surface area contributed by atoms with E-state index >= 15 is 0 Å². The summed E-state index contributed by atoms with van der Waals surface area (Å²) >= 11 is 4.94. The fraction of sp³-hybridized carbons (Fsp3) is 0.300. The van der Waals surface area contributed by atoms with E-state index in [4.69, 9.17) is 23.7 Å². The molecule has 1 aromatic rings. The lowest BCUT2D eigenvalue weighted by molar-refractivity contribution is -0.116. The minimum atomic E-state index is -0.444. The molecule has 0 saturated carbocycles. The van der Waals surface area contributed by atoms with Crippen LogP contribution in [0.5, 0.6) is 0 Å². The van der Waals surface area contributed by atoms with Crippen LogP contribution in [0.4, 0.5) is 5.69 Å². The Kier molecular flexibility index (Phi) is 3.78. The van der Waals surface area contributed by atoms with Gasteiger partial charge < -0.3 is 16.8 Å². The zero-order valence-electron chi connectivity index (χ0n) is 9.20. The van der Waals surface area contributed by atoms with E-state index in [-0.39, 0.29) is 11.5 Å². The quantitative estimate of drug-likeness (QED) is 0.653. The van der Waals surface area contributed by atoms with E-state index in [1.165, 1.54) is 0 Å². The minimum absolute atomic E-state index is 0.0402. The van der Waals surface area contributed by atoms with Crippen molar-refractivity contribution in [1.82, 2.24) is 4.98 Å². The molecule has 0 radical (unpaired) electrons. The molecule has 0 bridgehead atoms. The second kappa shape index (κ2) is 4.89. The maximum absolute atomic E-state index is 10.7. The van der Waals surface area contributed by atoms with Gasteiger partial charge in [0.25, 0.3) is 0 Å². The second-order valence-electron chi connectivity index (χ2n) is 3.46. The van der Waals surface area contributed by atoms with E-state index in [1.807, 2.05) is 13.8 Å². The SMILES string of the molecule is Cc1cc(NCC(N)=O)c(C(N)=S)c(C)n1. The fourth-order valence-corrected chi connectivity index (χ4v) is 1.72. The van der Waals surface area contributed by atoms with Gasteiger partial charge in [0, 0.05) is 17.1 Å². The van der Waals surface area contributed by atoms with Crippen molar-refractivity contribution in [3.05, 3.63) is 23.0 Å². The first kappa shape index (κ1) is 12.4. The largest absolute Gasteiger partial charge is 0.389 e. The van der Waals surface area contributed by atoms with Gasteiger partial charge >= 0.3 is 0 Å². The number of thiocarbonyl (C=S) groups is 1. The highest BCUT2D eigenvalue weighted by atomic mass is 32.1. The molecule has 1 amide bonds. The topological polar surface area (TPSA) is 94.0 Å². The third kappa shape index (κ3) is 2.90. The van der Waals surface area contributed by atoms with Crippen LogP contribution in [0.3, 0.4) is 0 Å². The average molecular weight is 238 g/mol. The predicted molar refractivity (Wildman–Crippen MR) is 67.3 cm³/mol. The molecule has 0 aliphatic heterocycles. The van der Waals surface area contributed by atoms with Gasteiger partial charge in [-0.05, 0) is 19.9 Å². The molecule has 5 N–H and O–H groups in total. The van der Waals surface area contributed by atoms with Crippen molar-refractivity contribution in [3.63, 3.8) is 0 Å². The first-order valence-electron chi connectivity index (χ1n) is 4.72. The summed E-state index contributed by atoms with van der Waals surface area (Å²) in [5.74, 6) is -0.444. The standard InChI is InChI=1S/C10H14N4OS/c1-5-3-7(13-4-8(11)15)9(10(12)16)6(2)14-5/h3H,4H2,1-2H3,(H2,11,15)(H2,12,16)(H,13,14). The highest BCUT2D eigenvalue weighted by Gasteiger charge is 2.11. The van der Waals surface area contributed by atoms with Crippen molar-refractivity contribution in [1.29, 1.82) is 0 Å². The molecule has 0 aliphatic rings. The van der Waals surface area contributed by atoms with Gasteiger partial charge in [0.1, 0.15) is 4.99 Å². The van der Waals surface area contributed by atoms with Gasteiger partial charge in [-0.2, -0.15) is 0 Å². The lowest BCUT2D eigenvalue weighted by Crippen LogP contribution is -2.24. The Balaban J connectivity index is 3.13. The summed E-state index contributed by atoms with van der Waals surface area (Å²) < 4.78 is 0. The van der Waals surface area contributed by atoms with Crippen LogP contribution in [0.15, 0.2) is 6.07 Å². The van der Waals surface area contributed by atoms with Gasteiger partial charge in [0.05, 0.1) is 12.1 Å². The van der Waals surface area contributed by atoms with E-state index < -0.39 is 5.91 Å². The number of primary amides is 1.